The number of rotatable bonds is 4. The second-order valence-corrected chi connectivity index (χ2v) is 3.83. The highest BCUT2D eigenvalue weighted by Gasteiger charge is 2.12. The maximum Gasteiger partial charge on any atom is 0.0662 e. The molecule has 0 aliphatic heterocycles. The minimum absolute atomic E-state index is 0.116. The molecule has 0 spiro atoms. The Bertz CT molecular complexity index is 258. The molecule has 0 bridgehead atoms. The van der Waals surface area contributed by atoms with Gasteiger partial charge in [-0.1, -0.05) is 30.3 Å². The van der Waals surface area contributed by atoms with Gasteiger partial charge in [0.25, 0.3) is 0 Å². The largest absolute Gasteiger partial charge is 0.392 e. The first kappa shape index (κ1) is 11.2. The van der Waals surface area contributed by atoms with Crippen molar-refractivity contribution in [1.82, 2.24) is 5.32 Å². The van der Waals surface area contributed by atoms with Crippen LogP contribution in [0, 0.1) is 0 Å². The Labute approximate surface area is 86.0 Å². The Hall–Kier alpha value is -0.860. The number of benzene rings is 1. The van der Waals surface area contributed by atoms with Gasteiger partial charge in [0.2, 0.25) is 0 Å². The van der Waals surface area contributed by atoms with Crippen molar-refractivity contribution in [3.8, 4) is 0 Å². The van der Waals surface area contributed by atoms with Gasteiger partial charge in [-0.3, -0.25) is 0 Å². The van der Waals surface area contributed by atoms with Crippen molar-refractivity contribution in [2.24, 2.45) is 0 Å². The molecule has 0 radical (unpaired) electrons. The van der Waals surface area contributed by atoms with Crippen molar-refractivity contribution in [1.29, 1.82) is 0 Å². The fraction of sp³-hybridized carbons (Fsp3) is 0.500. The number of nitrogens with one attached hydrogen (secondary N) is 1. The maximum atomic E-state index is 9.35. The van der Waals surface area contributed by atoms with Gasteiger partial charge in [0.15, 0.2) is 0 Å². The summed E-state index contributed by atoms with van der Waals surface area (Å²) < 4.78 is 0. The summed E-state index contributed by atoms with van der Waals surface area (Å²) in [7, 11) is 0. The zero-order chi connectivity index (χ0) is 10.6. The summed E-state index contributed by atoms with van der Waals surface area (Å²) in [5, 5.41) is 12.7. The summed E-state index contributed by atoms with van der Waals surface area (Å²) in [5.74, 6) is 0. The number of hydrogen-bond donors (Lipinski definition) is 2. The molecule has 2 nitrogen and oxygen atoms in total. The van der Waals surface area contributed by atoms with Crippen molar-refractivity contribution in [3.05, 3.63) is 35.9 Å². The van der Waals surface area contributed by atoms with Crippen LogP contribution >= 0.6 is 0 Å². The molecule has 2 unspecified atom stereocenters. The Morgan fingerprint density at radius 2 is 1.64 bits per heavy atom. The van der Waals surface area contributed by atoms with Gasteiger partial charge in [0, 0.05) is 12.1 Å². The molecule has 0 saturated heterocycles. The molecule has 2 N–H and O–H groups in total. The lowest BCUT2D eigenvalue weighted by Gasteiger charge is -2.22. The lowest BCUT2D eigenvalue weighted by atomic mass is 10.1. The molecular weight excluding hydrogens is 174 g/mol. The van der Waals surface area contributed by atoms with Gasteiger partial charge in [0.05, 0.1) is 6.10 Å². The standard InChI is InChI=1S/C12H19NO/c1-9(11(3)14)13-10(2)12-7-5-4-6-8-12/h4-11,13-14H,1-3H3/t9?,10-,11?/m0/s1. The van der Waals surface area contributed by atoms with Crippen LogP contribution in [0.2, 0.25) is 0 Å². The molecule has 0 saturated carbocycles. The van der Waals surface area contributed by atoms with Crippen molar-refractivity contribution in [3.63, 3.8) is 0 Å². The molecule has 0 aliphatic rings. The van der Waals surface area contributed by atoms with Crippen LogP contribution in [0.15, 0.2) is 30.3 Å². The zero-order valence-corrected chi connectivity index (χ0v) is 9.07. The van der Waals surface area contributed by atoms with Crippen molar-refractivity contribution in [2.45, 2.75) is 39.0 Å². The Balaban J connectivity index is 2.55. The van der Waals surface area contributed by atoms with E-state index in [0.29, 0.717) is 0 Å². The third kappa shape index (κ3) is 3.13. The van der Waals surface area contributed by atoms with Gasteiger partial charge in [-0.2, -0.15) is 0 Å². The molecule has 78 valence electrons. The zero-order valence-electron chi connectivity index (χ0n) is 9.07. The molecule has 0 heterocycles. The maximum absolute atomic E-state index is 9.35. The van der Waals surface area contributed by atoms with E-state index in [0.717, 1.165) is 0 Å². The first-order valence-electron chi connectivity index (χ1n) is 5.10. The van der Waals surface area contributed by atoms with Crippen LogP contribution in [0.4, 0.5) is 0 Å². The van der Waals surface area contributed by atoms with E-state index < -0.39 is 0 Å². The number of aliphatic hydroxyl groups is 1. The van der Waals surface area contributed by atoms with Crippen LogP contribution in [0.1, 0.15) is 32.4 Å². The van der Waals surface area contributed by atoms with E-state index in [1.54, 1.807) is 6.92 Å². The molecule has 0 aromatic heterocycles. The third-order valence-electron chi connectivity index (χ3n) is 2.54. The lowest BCUT2D eigenvalue weighted by Crippen LogP contribution is -2.37. The van der Waals surface area contributed by atoms with E-state index in [2.05, 4.69) is 24.4 Å². The van der Waals surface area contributed by atoms with Gasteiger partial charge < -0.3 is 10.4 Å². The van der Waals surface area contributed by atoms with Crippen LogP contribution in [-0.4, -0.2) is 17.3 Å². The topological polar surface area (TPSA) is 32.3 Å². The Morgan fingerprint density at radius 3 is 2.14 bits per heavy atom. The van der Waals surface area contributed by atoms with Gasteiger partial charge in [-0.05, 0) is 26.3 Å². The van der Waals surface area contributed by atoms with Gasteiger partial charge >= 0.3 is 0 Å². The van der Waals surface area contributed by atoms with E-state index in [4.69, 9.17) is 0 Å². The van der Waals surface area contributed by atoms with Gasteiger partial charge in [-0.15, -0.1) is 0 Å². The highest BCUT2D eigenvalue weighted by molar-refractivity contribution is 5.18. The molecule has 1 rings (SSSR count). The SMILES string of the molecule is CC(O)C(C)N[C@@H](C)c1ccccc1. The molecule has 0 aliphatic carbocycles. The smallest absolute Gasteiger partial charge is 0.0662 e. The molecule has 1 aromatic carbocycles. The molecule has 1 aromatic rings. The van der Waals surface area contributed by atoms with Crippen LogP contribution < -0.4 is 5.32 Å². The molecule has 0 amide bonds. The van der Waals surface area contributed by atoms with Gasteiger partial charge in [-0.25, -0.2) is 0 Å². The van der Waals surface area contributed by atoms with Crippen LogP contribution in [-0.2, 0) is 0 Å². The highest BCUT2D eigenvalue weighted by Crippen LogP contribution is 2.12. The molecule has 2 heteroatoms. The van der Waals surface area contributed by atoms with Crippen LogP contribution in [0.25, 0.3) is 0 Å². The van der Waals surface area contributed by atoms with Crippen LogP contribution in [0.3, 0.4) is 0 Å². The minimum Gasteiger partial charge on any atom is -0.392 e. The summed E-state index contributed by atoms with van der Waals surface area (Å²) in [4.78, 5) is 0. The summed E-state index contributed by atoms with van der Waals surface area (Å²) in [6, 6.07) is 10.6. The fourth-order valence-corrected chi connectivity index (χ4v) is 1.37. The predicted molar refractivity (Wildman–Crippen MR) is 59.1 cm³/mol. The summed E-state index contributed by atoms with van der Waals surface area (Å²) in [5.41, 5.74) is 1.25. The highest BCUT2D eigenvalue weighted by atomic mass is 16.3. The van der Waals surface area contributed by atoms with Crippen molar-refractivity contribution >= 4 is 0 Å². The van der Waals surface area contributed by atoms with E-state index in [1.165, 1.54) is 5.56 Å². The summed E-state index contributed by atoms with van der Waals surface area (Å²) >= 11 is 0. The van der Waals surface area contributed by atoms with Gasteiger partial charge in [0.1, 0.15) is 0 Å². The summed E-state index contributed by atoms with van der Waals surface area (Å²) in [6.45, 7) is 5.90. The van der Waals surface area contributed by atoms with Crippen molar-refractivity contribution < 1.29 is 5.11 Å². The number of aliphatic hydroxyl groups excluding tert-OH is 1. The Morgan fingerprint density at radius 1 is 1.07 bits per heavy atom. The second kappa shape index (κ2) is 5.13. The first-order valence-corrected chi connectivity index (χ1v) is 5.10. The summed E-state index contributed by atoms with van der Waals surface area (Å²) in [6.07, 6.45) is -0.318. The molecule has 3 atom stereocenters. The Kier molecular flexibility index (Phi) is 4.11. The first-order chi connectivity index (χ1) is 6.61. The lowest BCUT2D eigenvalue weighted by molar-refractivity contribution is 0.147. The molecular formula is C12H19NO. The fourth-order valence-electron chi connectivity index (χ4n) is 1.37. The van der Waals surface area contributed by atoms with E-state index in [1.807, 2.05) is 25.1 Å². The minimum atomic E-state index is -0.318. The number of hydrogen-bond acceptors (Lipinski definition) is 2. The van der Waals surface area contributed by atoms with E-state index >= 15 is 0 Å². The third-order valence-corrected chi connectivity index (χ3v) is 2.54. The normalized spacial score (nSPS) is 17.4. The van der Waals surface area contributed by atoms with E-state index in [-0.39, 0.29) is 18.2 Å². The monoisotopic (exact) mass is 193 g/mol. The predicted octanol–water partition coefficient (Wildman–Crippen LogP) is 2.11. The van der Waals surface area contributed by atoms with E-state index in [9.17, 15) is 5.11 Å². The van der Waals surface area contributed by atoms with Crippen LogP contribution in [0.5, 0.6) is 0 Å². The average Bonchev–Trinajstić information content (AvgIpc) is 2.19. The average molecular weight is 193 g/mol. The quantitative estimate of drug-likeness (QED) is 0.767. The molecule has 0 fully saturated rings. The molecule has 14 heavy (non-hydrogen) atoms. The second-order valence-electron chi connectivity index (χ2n) is 3.83. The van der Waals surface area contributed by atoms with Crippen molar-refractivity contribution in [2.75, 3.05) is 0 Å².